The van der Waals surface area contributed by atoms with E-state index in [1.54, 1.807) is 0 Å². The molecule has 1 aliphatic carbocycles. The lowest BCUT2D eigenvalue weighted by Crippen LogP contribution is -2.35. The van der Waals surface area contributed by atoms with Gasteiger partial charge in [0.25, 0.3) is 0 Å². The summed E-state index contributed by atoms with van der Waals surface area (Å²) in [6.07, 6.45) is 4.66. The lowest BCUT2D eigenvalue weighted by atomic mass is 10.0. The second-order valence-electron chi connectivity index (χ2n) is 6.42. The van der Waals surface area contributed by atoms with Gasteiger partial charge in [0.2, 0.25) is 5.91 Å². The van der Waals surface area contributed by atoms with Crippen LogP contribution in [0.2, 0.25) is 0 Å². The van der Waals surface area contributed by atoms with Crippen molar-refractivity contribution in [3.05, 3.63) is 35.4 Å². The quantitative estimate of drug-likeness (QED) is 0.684. The van der Waals surface area contributed by atoms with Gasteiger partial charge in [-0.15, -0.1) is 12.4 Å². The second kappa shape index (κ2) is 9.86. The molecule has 1 aromatic carbocycles. The highest BCUT2D eigenvalue weighted by atomic mass is 35.5. The fourth-order valence-electron chi connectivity index (χ4n) is 2.36. The Morgan fingerprint density at radius 2 is 1.91 bits per heavy atom. The molecule has 2 N–H and O–H groups in total. The molecule has 0 radical (unpaired) electrons. The Bertz CT molecular complexity index is 441. The van der Waals surface area contributed by atoms with E-state index in [0.29, 0.717) is 12.5 Å². The maximum Gasteiger partial charge on any atom is 0.233 e. The fraction of sp³-hybridized carbons (Fsp3) is 0.611. The molecule has 22 heavy (non-hydrogen) atoms. The van der Waals surface area contributed by atoms with Gasteiger partial charge in [-0.1, -0.05) is 38.1 Å². The molecule has 0 unspecified atom stereocenters. The van der Waals surface area contributed by atoms with Crippen LogP contribution >= 0.6 is 12.4 Å². The second-order valence-corrected chi connectivity index (χ2v) is 6.42. The summed E-state index contributed by atoms with van der Waals surface area (Å²) in [5.74, 6) is 1.53. The van der Waals surface area contributed by atoms with Crippen LogP contribution in [0.4, 0.5) is 0 Å². The summed E-state index contributed by atoms with van der Waals surface area (Å²) in [4.78, 5) is 11.6. The predicted molar refractivity (Wildman–Crippen MR) is 94.7 cm³/mol. The minimum atomic E-state index is 0. The molecule has 0 aromatic heterocycles. The summed E-state index contributed by atoms with van der Waals surface area (Å²) in [7, 11) is 0. The molecule has 124 valence electrons. The van der Waals surface area contributed by atoms with E-state index in [0.717, 1.165) is 31.8 Å². The highest BCUT2D eigenvalue weighted by Gasteiger charge is 2.20. The Balaban J connectivity index is 0.00000242. The van der Waals surface area contributed by atoms with Gasteiger partial charge < -0.3 is 10.6 Å². The Kier molecular flexibility index (Phi) is 8.51. The minimum Gasteiger partial charge on any atom is -0.355 e. The Labute approximate surface area is 140 Å². The maximum absolute atomic E-state index is 11.6. The van der Waals surface area contributed by atoms with Gasteiger partial charge >= 0.3 is 0 Å². The topological polar surface area (TPSA) is 41.1 Å². The van der Waals surface area contributed by atoms with E-state index in [1.807, 2.05) is 0 Å². The average molecular weight is 325 g/mol. The van der Waals surface area contributed by atoms with Gasteiger partial charge in [0.05, 0.1) is 6.54 Å². The normalized spacial score (nSPS) is 13.8. The van der Waals surface area contributed by atoms with Crippen molar-refractivity contribution in [1.82, 2.24) is 10.6 Å². The van der Waals surface area contributed by atoms with Crippen LogP contribution < -0.4 is 10.6 Å². The van der Waals surface area contributed by atoms with Crippen molar-refractivity contribution in [3.8, 4) is 0 Å². The number of nitrogens with one attached hydrogen (secondary N) is 2. The van der Waals surface area contributed by atoms with Gasteiger partial charge in [-0.05, 0) is 55.2 Å². The van der Waals surface area contributed by atoms with E-state index in [9.17, 15) is 4.79 Å². The standard InChI is InChI=1S/C18H28N2O.ClH/c1-14(2)17-9-7-15(8-10-17)4-3-11-20-18(21)13-19-12-16-5-6-16;/h7-10,14,16,19H,3-6,11-13H2,1-2H3,(H,20,21);1H. The van der Waals surface area contributed by atoms with Gasteiger partial charge in [-0.25, -0.2) is 0 Å². The van der Waals surface area contributed by atoms with E-state index in [1.165, 1.54) is 24.0 Å². The Morgan fingerprint density at radius 1 is 1.23 bits per heavy atom. The molecule has 0 aliphatic heterocycles. The summed E-state index contributed by atoms with van der Waals surface area (Å²) < 4.78 is 0. The number of carbonyl (C=O) groups is 1. The molecule has 1 saturated carbocycles. The molecule has 1 aliphatic rings. The number of carbonyl (C=O) groups excluding carboxylic acids is 1. The molecule has 3 nitrogen and oxygen atoms in total. The van der Waals surface area contributed by atoms with Crippen LogP contribution in [0.5, 0.6) is 0 Å². The molecule has 0 atom stereocenters. The first-order valence-corrected chi connectivity index (χ1v) is 8.21. The molecule has 1 aromatic rings. The smallest absolute Gasteiger partial charge is 0.233 e. The van der Waals surface area contributed by atoms with Crippen LogP contribution in [-0.2, 0) is 11.2 Å². The third-order valence-electron chi connectivity index (χ3n) is 4.03. The number of hydrogen-bond donors (Lipinski definition) is 2. The van der Waals surface area contributed by atoms with Crippen LogP contribution in [0.3, 0.4) is 0 Å². The largest absolute Gasteiger partial charge is 0.355 e. The molecular formula is C18H29ClN2O. The zero-order chi connectivity index (χ0) is 15.1. The highest BCUT2D eigenvalue weighted by molar-refractivity contribution is 5.85. The van der Waals surface area contributed by atoms with Crippen LogP contribution in [0.1, 0.15) is 50.2 Å². The molecule has 0 saturated heterocycles. The lowest BCUT2D eigenvalue weighted by Gasteiger charge is -2.08. The first-order chi connectivity index (χ1) is 10.1. The lowest BCUT2D eigenvalue weighted by molar-refractivity contribution is -0.120. The average Bonchev–Trinajstić information content (AvgIpc) is 3.28. The van der Waals surface area contributed by atoms with E-state index in [4.69, 9.17) is 0 Å². The van der Waals surface area contributed by atoms with E-state index in [2.05, 4.69) is 48.7 Å². The third kappa shape index (κ3) is 7.28. The molecular weight excluding hydrogens is 296 g/mol. The summed E-state index contributed by atoms with van der Waals surface area (Å²) in [6, 6.07) is 8.82. The third-order valence-corrected chi connectivity index (χ3v) is 4.03. The zero-order valence-corrected chi connectivity index (χ0v) is 14.5. The van der Waals surface area contributed by atoms with Gasteiger partial charge in [0.1, 0.15) is 0 Å². The van der Waals surface area contributed by atoms with Crippen LogP contribution in [0, 0.1) is 5.92 Å². The monoisotopic (exact) mass is 324 g/mol. The van der Waals surface area contributed by atoms with Crippen molar-refractivity contribution < 1.29 is 4.79 Å². The van der Waals surface area contributed by atoms with Crippen molar-refractivity contribution in [2.45, 2.75) is 45.4 Å². The number of benzene rings is 1. The summed E-state index contributed by atoms with van der Waals surface area (Å²) in [5, 5.41) is 6.19. The fourth-order valence-corrected chi connectivity index (χ4v) is 2.36. The minimum absolute atomic E-state index is 0. The van der Waals surface area contributed by atoms with Crippen LogP contribution in [0.25, 0.3) is 0 Å². The molecule has 2 rings (SSSR count). The number of rotatable bonds is 9. The van der Waals surface area contributed by atoms with E-state index >= 15 is 0 Å². The Hall–Kier alpha value is -1.06. The van der Waals surface area contributed by atoms with Gasteiger partial charge in [0, 0.05) is 6.54 Å². The van der Waals surface area contributed by atoms with Crippen molar-refractivity contribution in [2.24, 2.45) is 5.92 Å². The first-order valence-electron chi connectivity index (χ1n) is 8.21. The SMILES string of the molecule is CC(C)c1ccc(CCCNC(=O)CNCC2CC2)cc1.Cl. The Morgan fingerprint density at radius 3 is 2.50 bits per heavy atom. The predicted octanol–water partition coefficient (Wildman–Crippen LogP) is 3.28. The summed E-state index contributed by atoms with van der Waals surface area (Å²) in [6.45, 7) is 6.63. The molecule has 1 fully saturated rings. The van der Waals surface area contributed by atoms with E-state index < -0.39 is 0 Å². The first kappa shape index (κ1) is 19.0. The van der Waals surface area contributed by atoms with Gasteiger partial charge in [0.15, 0.2) is 0 Å². The molecule has 0 heterocycles. The summed E-state index contributed by atoms with van der Waals surface area (Å²) in [5.41, 5.74) is 2.73. The molecule has 4 heteroatoms. The molecule has 1 amide bonds. The summed E-state index contributed by atoms with van der Waals surface area (Å²) >= 11 is 0. The van der Waals surface area contributed by atoms with Crippen LogP contribution in [0.15, 0.2) is 24.3 Å². The molecule has 0 spiro atoms. The van der Waals surface area contributed by atoms with Gasteiger partial charge in [-0.2, -0.15) is 0 Å². The maximum atomic E-state index is 11.6. The number of amides is 1. The van der Waals surface area contributed by atoms with Crippen molar-refractivity contribution in [3.63, 3.8) is 0 Å². The molecule has 0 bridgehead atoms. The number of halogens is 1. The highest BCUT2D eigenvalue weighted by Crippen LogP contribution is 2.27. The van der Waals surface area contributed by atoms with Crippen molar-refractivity contribution in [1.29, 1.82) is 0 Å². The van der Waals surface area contributed by atoms with Gasteiger partial charge in [-0.3, -0.25) is 4.79 Å². The van der Waals surface area contributed by atoms with E-state index in [-0.39, 0.29) is 18.3 Å². The zero-order valence-electron chi connectivity index (χ0n) is 13.7. The van der Waals surface area contributed by atoms with Crippen molar-refractivity contribution in [2.75, 3.05) is 19.6 Å². The number of hydrogen-bond acceptors (Lipinski definition) is 2. The van der Waals surface area contributed by atoms with Crippen molar-refractivity contribution >= 4 is 18.3 Å². The number of aryl methyl sites for hydroxylation is 1. The van der Waals surface area contributed by atoms with Crippen LogP contribution in [-0.4, -0.2) is 25.5 Å².